The van der Waals surface area contributed by atoms with Crippen LogP contribution in [0.1, 0.15) is 67.2 Å². The van der Waals surface area contributed by atoms with E-state index in [4.69, 9.17) is 0 Å². The quantitative estimate of drug-likeness (QED) is 0.758. The zero-order chi connectivity index (χ0) is 12.3. The number of hydrogen-bond acceptors (Lipinski definition) is 1. The van der Waals surface area contributed by atoms with Crippen molar-refractivity contribution in [2.75, 3.05) is 0 Å². The van der Waals surface area contributed by atoms with Crippen molar-refractivity contribution >= 4 is 0 Å². The third kappa shape index (κ3) is 4.08. The molecule has 1 saturated carbocycles. The van der Waals surface area contributed by atoms with Crippen LogP contribution in [-0.4, -0.2) is 12.1 Å². The monoisotopic (exact) mass is 225 g/mol. The van der Waals surface area contributed by atoms with Crippen LogP contribution < -0.4 is 5.32 Å². The molecule has 3 atom stereocenters. The lowest BCUT2D eigenvalue weighted by atomic mass is 9.78. The number of nitrogens with one attached hydrogen (secondary N) is 1. The first-order chi connectivity index (χ1) is 7.30. The van der Waals surface area contributed by atoms with Gasteiger partial charge in [0.25, 0.3) is 0 Å². The van der Waals surface area contributed by atoms with Crippen molar-refractivity contribution in [3.8, 4) is 0 Å². The van der Waals surface area contributed by atoms with Gasteiger partial charge < -0.3 is 5.32 Å². The molecule has 1 aliphatic rings. The molecule has 1 aliphatic carbocycles. The average Bonchev–Trinajstić information content (AvgIpc) is 2.16. The summed E-state index contributed by atoms with van der Waals surface area (Å²) in [7, 11) is 0. The van der Waals surface area contributed by atoms with E-state index in [0.717, 1.165) is 17.9 Å². The van der Waals surface area contributed by atoms with Gasteiger partial charge in [-0.25, -0.2) is 0 Å². The summed E-state index contributed by atoms with van der Waals surface area (Å²) in [6.45, 7) is 14.1. The predicted octanol–water partition coefficient (Wildman–Crippen LogP) is 4.23. The van der Waals surface area contributed by atoms with Crippen LogP contribution in [0.3, 0.4) is 0 Å². The lowest BCUT2D eigenvalue weighted by Gasteiger charge is -2.37. The highest BCUT2D eigenvalue weighted by molar-refractivity contribution is 4.85. The van der Waals surface area contributed by atoms with Crippen molar-refractivity contribution in [2.24, 2.45) is 17.3 Å². The Labute approximate surface area is 102 Å². The molecule has 0 aromatic rings. The lowest BCUT2D eigenvalue weighted by Crippen LogP contribution is -2.46. The van der Waals surface area contributed by atoms with Crippen LogP contribution in [-0.2, 0) is 0 Å². The fourth-order valence-electron chi connectivity index (χ4n) is 2.59. The van der Waals surface area contributed by atoms with Crippen LogP contribution in [0.4, 0.5) is 0 Å². The van der Waals surface area contributed by atoms with Crippen molar-refractivity contribution in [2.45, 2.75) is 79.3 Å². The largest absolute Gasteiger partial charge is 0.311 e. The van der Waals surface area contributed by atoms with Crippen molar-refractivity contribution in [3.05, 3.63) is 0 Å². The molecule has 0 aromatic carbocycles. The van der Waals surface area contributed by atoms with Gasteiger partial charge in [0.15, 0.2) is 0 Å². The van der Waals surface area contributed by atoms with Crippen LogP contribution in [0.15, 0.2) is 0 Å². The Kier molecular flexibility index (Phi) is 4.85. The fraction of sp³-hybridized carbons (Fsp3) is 1.00. The van der Waals surface area contributed by atoms with Crippen LogP contribution in [0, 0.1) is 17.3 Å². The van der Waals surface area contributed by atoms with Gasteiger partial charge in [0.2, 0.25) is 0 Å². The maximum absolute atomic E-state index is 3.84. The summed E-state index contributed by atoms with van der Waals surface area (Å²) in [4.78, 5) is 0. The highest BCUT2D eigenvalue weighted by atomic mass is 15.0. The van der Waals surface area contributed by atoms with E-state index in [2.05, 4.69) is 46.9 Å². The summed E-state index contributed by atoms with van der Waals surface area (Å²) in [5, 5.41) is 3.84. The van der Waals surface area contributed by atoms with Crippen molar-refractivity contribution < 1.29 is 0 Å². The Morgan fingerprint density at radius 2 is 1.69 bits per heavy atom. The van der Waals surface area contributed by atoms with Gasteiger partial charge in [-0.1, -0.05) is 47.5 Å². The molecule has 16 heavy (non-hydrogen) atoms. The van der Waals surface area contributed by atoms with Crippen LogP contribution >= 0.6 is 0 Å². The Morgan fingerprint density at radius 1 is 1.06 bits per heavy atom. The Hall–Kier alpha value is -0.0400. The van der Waals surface area contributed by atoms with Crippen LogP contribution in [0.2, 0.25) is 0 Å². The Morgan fingerprint density at radius 3 is 2.19 bits per heavy atom. The summed E-state index contributed by atoms with van der Waals surface area (Å²) in [6.07, 6.45) is 5.62. The second kappa shape index (κ2) is 5.53. The minimum atomic E-state index is 0.380. The standard InChI is InChI=1S/C15H31N/c1-11(2)13-8-7-9-14(10-13)16-12(3)15(4,5)6/h11-14,16H,7-10H2,1-6H3. The molecule has 0 spiro atoms. The zero-order valence-electron chi connectivity index (χ0n) is 12.1. The molecule has 1 heteroatoms. The van der Waals surface area contributed by atoms with Gasteiger partial charge in [-0.3, -0.25) is 0 Å². The van der Waals surface area contributed by atoms with E-state index in [1.807, 2.05) is 0 Å². The van der Waals surface area contributed by atoms with Crippen molar-refractivity contribution in [3.63, 3.8) is 0 Å². The first-order valence-electron chi connectivity index (χ1n) is 7.06. The third-order valence-electron chi connectivity index (χ3n) is 4.44. The van der Waals surface area contributed by atoms with E-state index >= 15 is 0 Å². The molecule has 0 saturated heterocycles. The normalized spacial score (nSPS) is 29.4. The molecule has 96 valence electrons. The molecule has 0 bridgehead atoms. The fourth-order valence-corrected chi connectivity index (χ4v) is 2.59. The summed E-state index contributed by atoms with van der Waals surface area (Å²) in [5.41, 5.74) is 0.380. The summed E-state index contributed by atoms with van der Waals surface area (Å²) < 4.78 is 0. The highest BCUT2D eigenvalue weighted by Crippen LogP contribution is 2.31. The first kappa shape index (κ1) is 14.0. The third-order valence-corrected chi connectivity index (χ3v) is 4.44. The maximum Gasteiger partial charge on any atom is 0.00898 e. The van der Waals surface area contributed by atoms with Gasteiger partial charge >= 0.3 is 0 Å². The van der Waals surface area contributed by atoms with Crippen LogP contribution in [0.25, 0.3) is 0 Å². The number of rotatable bonds is 3. The first-order valence-corrected chi connectivity index (χ1v) is 7.06. The molecular formula is C15H31N. The van der Waals surface area contributed by atoms with Gasteiger partial charge in [0, 0.05) is 12.1 Å². The average molecular weight is 225 g/mol. The van der Waals surface area contributed by atoms with Crippen LogP contribution in [0.5, 0.6) is 0 Å². The zero-order valence-corrected chi connectivity index (χ0v) is 12.1. The van der Waals surface area contributed by atoms with Gasteiger partial charge in [-0.2, -0.15) is 0 Å². The lowest BCUT2D eigenvalue weighted by molar-refractivity contribution is 0.189. The van der Waals surface area contributed by atoms with Gasteiger partial charge in [-0.15, -0.1) is 0 Å². The van der Waals surface area contributed by atoms with Crippen molar-refractivity contribution in [1.82, 2.24) is 5.32 Å². The second-order valence-electron chi connectivity index (χ2n) is 7.12. The maximum atomic E-state index is 3.84. The van der Waals surface area contributed by atoms with Gasteiger partial charge in [0.05, 0.1) is 0 Å². The molecule has 3 unspecified atom stereocenters. The molecule has 1 rings (SSSR count). The van der Waals surface area contributed by atoms with E-state index in [0.29, 0.717) is 11.5 Å². The minimum absolute atomic E-state index is 0.380. The van der Waals surface area contributed by atoms with E-state index < -0.39 is 0 Å². The molecule has 0 amide bonds. The Bertz CT molecular complexity index is 202. The van der Waals surface area contributed by atoms with E-state index in [-0.39, 0.29) is 0 Å². The molecule has 0 aromatic heterocycles. The van der Waals surface area contributed by atoms with E-state index in [9.17, 15) is 0 Å². The van der Waals surface area contributed by atoms with Gasteiger partial charge in [-0.05, 0) is 37.0 Å². The number of hydrogen-bond donors (Lipinski definition) is 1. The molecule has 0 heterocycles. The Balaban J connectivity index is 2.43. The molecule has 1 fully saturated rings. The summed E-state index contributed by atoms with van der Waals surface area (Å²) >= 11 is 0. The SMILES string of the molecule is CC(C)C1CCCC(NC(C)C(C)(C)C)C1. The molecule has 1 nitrogen and oxygen atoms in total. The smallest absolute Gasteiger partial charge is 0.00898 e. The molecule has 0 radical (unpaired) electrons. The van der Waals surface area contributed by atoms with E-state index in [1.54, 1.807) is 0 Å². The summed E-state index contributed by atoms with van der Waals surface area (Å²) in [6, 6.07) is 1.37. The highest BCUT2D eigenvalue weighted by Gasteiger charge is 2.27. The second-order valence-corrected chi connectivity index (χ2v) is 7.12. The van der Waals surface area contributed by atoms with Gasteiger partial charge in [0.1, 0.15) is 0 Å². The minimum Gasteiger partial charge on any atom is -0.311 e. The molecule has 0 aliphatic heterocycles. The van der Waals surface area contributed by atoms with Crippen molar-refractivity contribution in [1.29, 1.82) is 0 Å². The molecular weight excluding hydrogens is 194 g/mol. The summed E-state index contributed by atoms with van der Waals surface area (Å²) in [5.74, 6) is 1.80. The predicted molar refractivity (Wildman–Crippen MR) is 72.6 cm³/mol. The topological polar surface area (TPSA) is 12.0 Å². The molecule has 1 N–H and O–H groups in total. The van der Waals surface area contributed by atoms with E-state index in [1.165, 1.54) is 25.7 Å².